The molecule has 0 heterocycles. The Labute approximate surface area is 179 Å². The van der Waals surface area contributed by atoms with Crippen LogP contribution < -0.4 is 4.74 Å². The third kappa shape index (κ3) is 4.85. The number of phenols is 1. The molecule has 0 radical (unpaired) electrons. The maximum Gasteiger partial charge on any atom is 0.216 e. The maximum atomic E-state index is 13.0. The van der Waals surface area contributed by atoms with E-state index in [1.54, 1.807) is 12.1 Å². The minimum absolute atomic E-state index is 0.0157. The number of rotatable bonds is 4. The molecule has 0 aromatic heterocycles. The Morgan fingerprint density at radius 3 is 1.83 bits per heavy atom. The van der Waals surface area contributed by atoms with Crippen LogP contribution in [0.3, 0.4) is 0 Å². The number of sulfone groups is 1. The van der Waals surface area contributed by atoms with Crippen molar-refractivity contribution in [3.05, 3.63) is 58.0 Å². The van der Waals surface area contributed by atoms with Gasteiger partial charge in [0, 0.05) is 11.1 Å². The third-order valence-electron chi connectivity index (χ3n) is 4.82. The fourth-order valence-electron chi connectivity index (χ4n) is 3.09. The average molecular weight is 428 g/mol. The zero-order chi connectivity index (χ0) is 22.9. The summed E-state index contributed by atoms with van der Waals surface area (Å²) < 4.78 is 31.1. The van der Waals surface area contributed by atoms with Gasteiger partial charge in [0.25, 0.3) is 0 Å². The lowest BCUT2D eigenvalue weighted by Crippen LogP contribution is -2.17. The van der Waals surface area contributed by atoms with Crippen LogP contribution in [0, 0.1) is 11.3 Å². The van der Waals surface area contributed by atoms with Crippen LogP contribution in [0.4, 0.5) is 0 Å². The molecule has 0 fully saturated rings. The molecule has 2 aromatic rings. The molecular formula is C24H29NO4S. The summed E-state index contributed by atoms with van der Waals surface area (Å²) in [4.78, 5) is -0.347. The molecule has 5 nitrogen and oxygen atoms in total. The number of ether oxygens (including phenoxy) is 1. The lowest BCUT2D eigenvalue weighted by atomic mass is 9.78. The number of hydrogen-bond acceptors (Lipinski definition) is 5. The molecule has 0 unspecified atom stereocenters. The summed E-state index contributed by atoms with van der Waals surface area (Å²) in [6.45, 7) is 11.8. The molecule has 0 saturated heterocycles. The van der Waals surface area contributed by atoms with Crippen molar-refractivity contribution in [3.63, 3.8) is 0 Å². The molecule has 0 saturated carbocycles. The number of aromatic hydroxyl groups is 1. The van der Waals surface area contributed by atoms with Crippen molar-refractivity contribution in [3.8, 4) is 17.6 Å². The van der Waals surface area contributed by atoms with Crippen molar-refractivity contribution >= 4 is 15.9 Å². The molecule has 1 N–H and O–H groups in total. The van der Waals surface area contributed by atoms with E-state index in [1.165, 1.54) is 37.5 Å². The minimum atomic E-state index is -4.00. The van der Waals surface area contributed by atoms with Gasteiger partial charge in [-0.3, -0.25) is 0 Å². The Kier molecular flexibility index (Phi) is 6.39. The van der Waals surface area contributed by atoms with Crippen molar-refractivity contribution in [2.24, 2.45) is 0 Å². The number of allylic oxidation sites excluding steroid dienone is 1. The van der Waals surface area contributed by atoms with Crippen LogP contribution in [0.2, 0.25) is 0 Å². The molecule has 30 heavy (non-hydrogen) atoms. The molecule has 0 spiro atoms. The second-order valence-corrected chi connectivity index (χ2v) is 11.2. The van der Waals surface area contributed by atoms with E-state index in [1.807, 2.05) is 47.6 Å². The number of phenolic OH excluding ortho intramolecular Hbond substituents is 1. The molecule has 0 aliphatic rings. The van der Waals surface area contributed by atoms with E-state index in [0.717, 1.165) is 0 Å². The molecule has 0 aliphatic heterocycles. The topological polar surface area (TPSA) is 87.4 Å². The van der Waals surface area contributed by atoms with Gasteiger partial charge in [-0.1, -0.05) is 41.5 Å². The summed E-state index contributed by atoms with van der Waals surface area (Å²) in [5.41, 5.74) is 1.21. The van der Waals surface area contributed by atoms with Gasteiger partial charge in [0.1, 0.15) is 22.5 Å². The van der Waals surface area contributed by atoms with Crippen LogP contribution in [-0.2, 0) is 20.7 Å². The standard InChI is InChI=1S/C24H29NO4S/c1-23(2,3)20-13-16(14-21(22(20)26)24(4,5)6)12-19(15-25)30(27,28)18-10-8-17(29-7)9-11-18/h8-14,26H,1-7H3. The SMILES string of the molecule is COc1ccc(S(=O)(=O)C(C#N)=Cc2cc(C(C)(C)C)c(O)c(C(C)(C)C)c2)cc1. The first-order valence-electron chi connectivity index (χ1n) is 9.60. The largest absolute Gasteiger partial charge is 0.507 e. The van der Waals surface area contributed by atoms with Crippen LogP contribution in [0.15, 0.2) is 46.2 Å². The summed E-state index contributed by atoms with van der Waals surface area (Å²) >= 11 is 0. The minimum Gasteiger partial charge on any atom is -0.507 e. The van der Waals surface area contributed by atoms with Crippen molar-refractivity contribution in [2.45, 2.75) is 57.3 Å². The number of nitrogens with zero attached hydrogens (tertiary/aromatic N) is 1. The zero-order valence-electron chi connectivity index (χ0n) is 18.6. The van der Waals surface area contributed by atoms with E-state index in [-0.39, 0.29) is 26.4 Å². The molecule has 0 aliphatic carbocycles. The summed E-state index contributed by atoms with van der Waals surface area (Å²) in [6.07, 6.45) is 1.36. The maximum absolute atomic E-state index is 13.0. The third-order valence-corrected chi connectivity index (χ3v) is 6.50. The van der Waals surface area contributed by atoms with Crippen LogP contribution in [-0.4, -0.2) is 20.6 Å². The van der Waals surface area contributed by atoms with Gasteiger partial charge in [0.05, 0.1) is 12.0 Å². The molecule has 0 atom stereocenters. The van der Waals surface area contributed by atoms with Gasteiger partial charge in [-0.2, -0.15) is 5.26 Å². The molecule has 0 amide bonds. The highest BCUT2D eigenvalue weighted by Crippen LogP contribution is 2.40. The van der Waals surface area contributed by atoms with Crippen molar-refractivity contribution in [1.29, 1.82) is 5.26 Å². The van der Waals surface area contributed by atoms with Gasteiger partial charge in [0.2, 0.25) is 9.84 Å². The monoisotopic (exact) mass is 427 g/mol. The quantitative estimate of drug-likeness (QED) is 0.666. The first-order chi connectivity index (χ1) is 13.7. The molecule has 2 aromatic carbocycles. The summed E-state index contributed by atoms with van der Waals surface area (Å²) in [7, 11) is -2.50. The Balaban J connectivity index is 2.70. The van der Waals surface area contributed by atoms with Crippen molar-refractivity contribution in [2.75, 3.05) is 7.11 Å². The predicted octanol–water partition coefficient (Wildman–Crippen LogP) is 5.33. The first-order valence-corrected chi connectivity index (χ1v) is 11.1. The van der Waals surface area contributed by atoms with E-state index in [9.17, 15) is 18.8 Å². The highest BCUT2D eigenvalue weighted by Gasteiger charge is 2.27. The van der Waals surface area contributed by atoms with Crippen LogP contribution in [0.25, 0.3) is 6.08 Å². The van der Waals surface area contributed by atoms with Crippen molar-refractivity contribution < 1.29 is 18.3 Å². The van der Waals surface area contributed by atoms with E-state index in [2.05, 4.69) is 0 Å². The van der Waals surface area contributed by atoms with E-state index >= 15 is 0 Å². The fourth-order valence-corrected chi connectivity index (χ4v) is 4.25. The Bertz CT molecular complexity index is 1070. The molecule has 0 bridgehead atoms. The van der Waals surface area contributed by atoms with Gasteiger partial charge in [-0.25, -0.2) is 8.42 Å². The summed E-state index contributed by atoms with van der Waals surface area (Å²) in [5.74, 6) is 0.725. The molecule has 2 rings (SSSR count). The number of methoxy groups -OCH3 is 1. The van der Waals surface area contributed by atoms with Crippen molar-refractivity contribution in [1.82, 2.24) is 0 Å². The van der Waals surface area contributed by atoms with Gasteiger partial charge in [0.15, 0.2) is 0 Å². The van der Waals surface area contributed by atoms with Crippen LogP contribution >= 0.6 is 0 Å². The Morgan fingerprint density at radius 1 is 1.00 bits per heavy atom. The second-order valence-electron chi connectivity index (χ2n) is 9.26. The molecular weight excluding hydrogens is 398 g/mol. The highest BCUT2D eigenvalue weighted by molar-refractivity contribution is 7.95. The van der Waals surface area contributed by atoms with Gasteiger partial charge < -0.3 is 9.84 Å². The molecule has 6 heteroatoms. The smallest absolute Gasteiger partial charge is 0.216 e. The van der Waals surface area contributed by atoms with Gasteiger partial charge in [-0.15, -0.1) is 0 Å². The Morgan fingerprint density at radius 2 is 1.47 bits per heavy atom. The van der Waals surface area contributed by atoms with Crippen LogP contribution in [0.5, 0.6) is 11.5 Å². The fraction of sp³-hybridized carbons (Fsp3) is 0.375. The number of nitriles is 1. The molecule has 160 valence electrons. The number of hydrogen-bond donors (Lipinski definition) is 1. The lowest BCUT2D eigenvalue weighted by molar-refractivity contribution is 0.414. The zero-order valence-corrected chi connectivity index (χ0v) is 19.4. The van der Waals surface area contributed by atoms with Gasteiger partial charge in [-0.05, 0) is 58.9 Å². The summed E-state index contributed by atoms with van der Waals surface area (Å²) in [6, 6.07) is 11.2. The average Bonchev–Trinajstić information content (AvgIpc) is 2.65. The van der Waals surface area contributed by atoms with E-state index in [0.29, 0.717) is 22.4 Å². The number of benzene rings is 2. The summed E-state index contributed by atoms with van der Waals surface area (Å²) in [5, 5.41) is 20.5. The highest BCUT2D eigenvalue weighted by atomic mass is 32.2. The Hall–Kier alpha value is -2.78. The second kappa shape index (κ2) is 8.16. The van der Waals surface area contributed by atoms with Gasteiger partial charge >= 0.3 is 0 Å². The normalized spacial score (nSPS) is 13.1. The van der Waals surface area contributed by atoms with E-state index < -0.39 is 9.84 Å². The van der Waals surface area contributed by atoms with Crippen LogP contribution in [0.1, 0.15) is 58.2 Å². The lowest BCUT2D eigenvalue weighted by Gasteiger charge is -2.28. The predicted molar refractivity (Wildman–Crippen MR) is 119 cm³/mol. The first kappa shape index (κ1) is 23.5. The van der Waals surface area contributed by atoms with E-state index in [4.69, 9.17) is 4.74 Å².